The van der Waals surface area contributed by atoms with Crippen molar-refractivity contribution in [1.29, 1.82) is 0 Å². The Morgan fingerprint density at radius 1 is 1.29 bits per heavy atom. The van der Waals surface area contributed by atoms with E-state index in [1.807, 2.05) is 18.2 Å². The lowest BCUT2D eigenvalue weighted by atomic mass is 10.1. The molecule has 0 bridgehead atoms. The molecule has 0 aliphatic rings. The standard InChI is InChI=1S/C12H19NO/c1-3-10(2)14-12(9-13)11-7-5-4-6-8-11/h4-8,10,12H,3,9,13H2,1-2H3. The summed E-state index contributed by atoms with van der Waals surface area (Å²) in [6, 6.07) is 10.1. The SMILES string of the molecule is CCC(C)OC(CN)c1ccccc1. The second-order valence-electron chi connectivity index (χ2n) is 3.49. The number of hydrogen-bond acceptors (Lipinski definition) is 2. The molecule has 0 aliphatic heterocycles. The van der Waals surface area contributed by atoms with Crippen molar-refractivity contribution in [1.82, 2.24) is 0 Å². The van der Waals surface area contributed by atoms with Crippen LogP contribution in [-0.2, 0) is 4.74 Å². The monoisotopic (exact) mass is 193 g/mol. The summed E-state index contributed by atoms with van der Waals surface area (Å²) in [5.74, 6) is 0. The summed E-state index contributed by atoms with van der Waals surface area (Å²) in [4.78, 5) is 0. The van der Waals surface area contributed by atoms with Gasteiger partial charge in [0.05, 0.1) is 12.2 Å². The number of ether oxygens (including phenoxy) is 1. The third kappa shape index (κ3) is 3.13. The third-order valence-corrected chi connectivity index (χ3v) is 2.36. The molecule has 0 aromatic heterocycles. The molecule has 0 heterocycles. The zero-order valence-electron chi connectivity index (χ0n) is 8.94. The fourth-order valence-electron chi connectivity index (χ4n) is 1.31. The first-order chi connectivity index (χ1) is 6.77. The number of benzene rings is 1. The first kappa shape index (κ1) is 11.2. The Balaban J connectivity index is 2.63. The van der Waals surface area contributed by atoms with E-state index < -0.39 is 0 Å². The van der Waals surface area contributed by atoms with Crippen LogP contribution in [0, 0.1) is 0 Å². The van der Waals surface area contributed by atoms with Gasteiger partial charge in [-0.15, -0.1) is 0 Å². The molecule has 0 fully saturated rings. The average Bonchev–Trinajstić information content (AvgIpc) is 2.26. The Bertz CT molecular complexity index is 248. The Morgan fingerprint density at radius 2 is 1.93 bits per heavy atom. The Morgan fingerprint density at radius 3 is 2.43 bits per heavy atom. The summed E-state index contributed by atoms with van der Waals surface area (Å²) in [6.07, 6.45) is 1.32. The highest BCUT2D eigenvalue weighted by molar-refractivity contribution is 5.17. The fourth-order valence-corrected chi connectivity index (χ4v) is 1.31. The largest absolute Gasteiger partial charge is 0.369 e. The van der Waals surface area contributed by atoms with Gasteiger partial charge in [0.2, 0.25) is 0 Å². The fraction of sp³-hybridized carbons (Fsp3) is 0.500. The first-order valence-electron chi connectivity index (χ1n) is 5.18. The van der Waals surface area contributed by atoms with Gasteiger partial charge in [-0.3, -0.25) is 0 Å². The Kier molecular flexibility index (Phi) is 4.63. The van der Waals surface area contributed by atoms with Gasteiger partial charge in [0.1, 0.15) is 0 Å². The molecular formula is C12H19NO. The predicted molar refractivity (Wildman–Crippen MR) is 59.1 cm³/mol. The molecule has 0 saturated carbocycles. The number of nitrogens with two attached hydrogens (primary N) is 1. The summed E-state index contributed by atoms with van der Waals surface area (Å²) in [5, 5.41) is 0. The molecule has 2 unspecified atom stereocenters. The van der Waals surface area contributed by atoms with Crippen LogP contribution >= 0.6 is 0 Å². The van der Waals surface area contributed by atoms with E-state index in [4.69, 9.17) is 10.5 Å². The molecule has 2 N–H and O–H groups in total. The lowest BCUT2D eigenvalue weighted by Gasteiger charge is -2.20. The summed E-state index contributed by atoms with van der Waals surface area (Å²) < 4.78 is 5.81. The smallest absolute Gasteiger partial charge is 0.0950 e. The van der Waals surface area contributed by atoms with Crippen molar-refractivity contribution < 1.29 is 4.74 Å². The molecule has 0 spiro atoms. The zero-order chi connectivity index (χ0) is 10.4. The van der Waals surface area contributed by atoms with Crippen molar-refractivity contribution in [2.75, 3.05) is 6.54 Å². The van der Waals surface area contributed by atoms with Gasteiger partial charge in [-0.25, -0.2) is 0 Å². The molecule has 0 aliphatic carbocycles. The van der Waals surface area contributed by atoms with Crippen LogP contribution in [0.25, 0.3) is 0 Å². The minimum Gasteiger partial charge on any atom is -0.369 e. The van der Waals surface area contributed by atoms with E-state index in [0.29, 0.717) is 6.54 Å². The maximum Gasteiger partial charge on any atom is 0.0950 e. The van der Waals surface area contributed by atoms with Crippen LogP contribution in [0.2, 0.25) is 0 Å². The Hall–Kier alpha value is -0.860. The van der Waals surface area contributed by atoms with Crippen molar-refractivity contribution in [3.8, 4) is 0 Å². The highest BCUT2D eigenvalue weighted by Gasteiger charge is 2.12. The molecular weight excluding hydrogens is 174 g/mol. The maximum atomic E-state index is 5.81. The van der Waals surface area contributed by atoms with Crippen molar-refractivity contribution in [2.24, 2.45) is 5.73 Å². The van der Waals surface area contributed by atoms with E-state index in [1.54, 1.807) is 0 Å². The van der Waals surface area contributed by atoms with Gasteiger partial charge >= 0.3 is 0 Å². The van der Waals surface area contributed by atoms with E-state index in [1.165, 1.54) is 0 Å². The molecule has 2 heteroatoms. The van der Waals surface area contributed by atoms with Gasteiger partial charge in [0.25, 0.3) is 0 Å². The second-order valence-corrected chi connectivity index (χ2v) is 3.49. The van der Waals surface area contributed by atoms with E-state index in [-0.39, 0.29) is 12.2 Å². The maximum absolute atomic E-state index is 5.81. The van der Waals surface area contributed by atoms with E-state index >= 15 is 0 Å². The predicted octanol–water partition coefficient (Wildman–Crippen LogP) is 2.50. The topological polar surface area (TPSA) is 35.2 Å². The second kappa shape index (κ2) is 5.78. The summed E-state index contributed by atoms with van der Waals surface area (Å²) >= 11 is 0. The molecule has 1 aromatic carbocycles. The molecule has 2 nitrogen and oxygen atoms in total. The minimum absolute atomic E-state index is 0.0335. The average molecular weight is 193 g/mol. The van der Waals surface area contributed by atoms with Gasteiger partial charge < -0.3 is 10.5 Å². The van der Waals surface area contributed by atoms with Crippen LogP contribution in [0.1, 0.15) is 31.9 Å². The molecule has 0 saturated heterocycles. The lowest BCUT2D eigenvalue weighted by molar-refractivity contribution is -0.0000238. The van der Waals surface area contributed by atoms with Crippen molar-refractivity contribution >= 4 is 0 Å². The number of hydrogen-bond donors (Lipinski definition) is 1. The van der Waals surface area contributed by atoms with Crippen LogP contribution in [0.5, 0.6) is 0 Å². The molecule has 0 amide bonds. The van der Waals surface area contributed by atoms with E-state index in [9.17, 15) is 0 Å². The summed E-state index contributed by atoms with van der Waals surface area (Å²) in [5.41, 5.74) is 6.85. The quantitative estimate of drug-likeness (QED) is 0.779. The summed E-state index contributed by atoms with van der Waals surface area (Å²) in [6.45, 7) is 4.73. The molecule has 0 radical (unpaired) electrons. The van der Waals surface area contributed by atoms with E-state index in [0.717, 1.165) is 12.0 Å². The van der Waals surface area contributed by atoms with Crippen molar-refractivity contribution in [3.63, 3.8) is 0 Å². The van der Waals surface area contributed by atoms with Gasteiger partial charge in [0.15, 0.2) is 0 Å². The molecule has 14 heavy (non-hydrogen) atoms. The third-order valence-electron chi connectivity index (χ3n) is 2.36. The van der Waals surface area contributed by atoms with Gasteiger partial charge in [-0.05, 0) is 18.9 Å². The highest BCUT2D eigenvalue weighted by atomic mass is 16.5. The molecule has 78 valence electrons. The molecule has 1 aromatic rings. The van der Waals surface area contributed by atoms with E-state index in [2.05, 4.69) is 26.0 Å². The van der Waals surface area contributed by atoms with Gasteiger partial charge in [-0.1, -0.05) is 37.3 Å². The Labute approximate surface area is 86.1 Å². The van der Waals surface area contributed by atoms with Crippen molar-refractivity contribution in [2.45, 2.75) is 32.5 Å². The van der Waals surface area contributed by atoms with Crippen LogP contribution in [0.4, 0.5) is 0 Å². The minimum atomic E-state index is 0.0335. The highest BCUT2D eigenvalue weighted by Crippen LogP contribution is 2.18. The van der Waals surface area contributed by atoms with Crippen molar-refractivity contribution in [3.05, 3.63) is 35.9 Å². The van der Waals surface area contributed by atoms with Crippen LogP contribution < -0.4 is 5.73 Å². The van der Waals surface area contributed by atoms with Gasteiger partial charge in [-0.2, -0.15) is 0 Å². The normalized spacial score (nSPS) is 15.1. The van der Waals surface area contributed by atoms with Crippen LogP contribution in [0.3, 0.4) is 0 Å². The molecule has 2 atom stereocenters. The van der Waals surface area contributed by atoms with Crippen LogP contribution in [0.15, 0.2) is 30.3 Å². The lowest BCUT2D eigenvalue weighted by Crippen LogP contribution is -2.20. The zero-order valence-corrected chi connectivity index (χ0v) is 8.94. The van der Waals surface area contributed by atoms with Crippen LogP contribution in [-0.4, -0.2) is 12.6 Å². The number of rotatable bonds is 5. The first-order valence-corrected chi connectivity index (χ1v) is 5.18. The molecule has 1 rings (SSSR count). The van der Waals surface area contributed by atoms with Gasteiger partial charge in [0, 0.05) is 6.54 Å². The summed E-state index contributed by atoms with van der Waals surface area (Å²) in [7, 11) is 0.